The first-order valence-electron chi connectivity index (χ1n) is 6.27. The molecule has 0 radical (unpaired) electrons. The van der Waals surface area contributed by atoms with Crippen LogP contribution in [-0.2, 0) is 16.1 Å². The number of methoxy groups -OCH3 is 1. The molecule has 0 atom stereocenters. The minimum Gasteiger partial charge on any atom is -0.383 e. The molecule has 0 unspecified atom stereocenters. The summed E-state index contributed by atoms with van der Waals surface area (Å²) >= 11 is 1.63. The largest absolute Gasteiger partial charge is 0.383 e. The van der Waals surface area contributed by atoms with E-state index in [2.05, 4.69) is 25.9 Å². The number of aryl methyl sites for hydroxylation is 1. The number of halogens is 1. The van der Waals surface area contributed by atoms with Crippen LogP contribution < -0.4 is 16.0 Å². The van der Waals surface area contributed by atoms with Gasteiger partial charge < -0.3 is 20.7 Å². The van der Waals surface area contributed by atoms with Crippen LogP contribution in [0.2, 0.25) is 0 Å². The van der Waals surface area contributed by atoms with Gasteiger partial charge in [0.15, 0.2) is 5.96 Å². The third kappa shape index (κ3) is 8.83. The maximum absolute atomic E-state index is 11.5. The number of hydrogen-bond donors (Lipinski definition) is 3. The molecule has 120 valence electrons. The standard InChI is InChI=1S/C12H21N5O2S.HI/c1-9-6-15-11(20-9)8-17-12(13-2)16-7-10(18)14-4-5-19-3;/h6H,4-5,7-8H2,1-3H3,(H,14,18)(H2,13,16,17);1H. The van der Waals surface area contributed by atoms with Crippen molar-refractivity contribution in [2.75, 3.05) is 33.9 Å². The van der Waals surface area contributed by atoms with E-state index >= 15 is 0 Å². The van der Waals surface area contributed by atoms with Gasteiger partial charge in [0.25, 0.3) is 0 Å². The van der Waals surface area contributed by atoms with Gasteiger partial charge in [-0.3, -0.25) is 9.79 Å². The Labute approximate surface area is 146 Å². The number of amides is 1. The van der Waals surface area contributed by atoms with E-state index in [1.807, 2.05) is 13.1 Å². The van der Waals surface area contributed by atoms with Crippen LogP contribution in [0, 0.1) is 6.92 Å². The molecule has 0 aromatic carbocycles. The zero-order valence-electron chi connectivity index (χ0n) is 12.4. The Kier molecular flexibility index (Phi) is 11.2. The van der Waals surface area contributed by atoms with Gasteiger partial charge in [0.2, 0.25) is 5.91 Å². The molecule has 1 rings (SSSR count). The predicted molar refractivity (Wildman–Crippen MR) is 95.4 cm³/mol. The fraction of sp³-hybridized carbons (Fsp3) is 0.583. The number of hydrogen-bond acceptors (Lipinski definition) is 5. The quantitative estimate of drug-likeness (QED) is 0.255. The maximum atomic E-state index is 11.5. The summed E-state index contributed by atoms with van der Waals surface area (Å²) in [5.41, 5.74) is 0. The third-order valence-corrected chi connectivity index (χ3v) is 3.26. The van der Waals surface area contributed by atoms with E-state index in [0.29, 0.717) is 25.7 Å². The first-order chi connectivity index (χ1) is 9.65. The molecular weight excluding hydrogens is 405 g/mol. The number of aliphatic imine (C=N–C) groups is 1. The summed E-state index contributed by atoms with van der Waals surface area (Å²) in [7, 11) is 3.25. The summed E-state index contributed by atoms with van der Waals surface area (Å²) in [6.07, 6.45) is 1.83. The molecule has 21 heavy (non-hydrogen) atoms. The number of nitrogens with one attached hydrogen (secondary N) is 3. The highest BCUT2D eigenvalue weighted by molar-refractivity contribution is 14.0. The number of thiazole rings is 1. The van der Waals surface area contributed by atoms with Gasteiger partial charge in [-0.25, -0.2) is 4.98 Å². The second-order valence-corrected chi connectivity index (χ2v) is 5.31. The van der Waals surface area contributed by atoms with Gasteiger partial charge in [0, 0.05) is 31.8 Å². The molecule has 0 aliphatic heterocycles. The number of carbonyl (C=O) groups is 1. The lowest BCUT2D eigenvalue weighted by molar-refractivity contribution is -0.120. The van der Waals surface area contributed by atoms with E-state index in [9.17, 15) is 4.79 Å². The van der Waals surface area contributed by atoms with Crippen LogP contribution in [0.4, 0.5) is 0 Å². The molecule has 3 N–H and O–H groups in total. The minimum absolute atomic E-state index is 0. The van der Waals surface area contributed by atoms with Gasteiger partial charge in [-0.2, -0.15) is 0 Å². The van der Waals surface area contributed by atoms with Crippen molar-refractivity contribution in [3.8, 4) is 0 Å². The van der Waals surface area contributed by atoms with Crippen molar-refractivity contribution in [1.29, 1.82) is 0 Å². The molecule has 0 aliphatic carbocycles. The number of carbonyl (C=O) groups excluding carboxylic acids is 1. The molecule has 1 aromatic heterocycles. The molecule has 0 aliphatic rings. The zero-order valence-corrected chi connectivity index (χ0v) is 15.6. The highest BCUT2D eigenvalue weighted by Crippen LogP contribution is 2.10. The zero-order chi connectivity index (χ0) is 14.8. The monoisotopic (exact) mass is 427 g/mol. The molecule has 1 aromatic rings. The fourth-order valence-corrected chi connectivity index (χ4v) is 2.11. The molecular formula is C12H22IN5O2S. The SMILES string of the molecule is CN=C(NCC(=O)NCCOC)NCc1ncc(C)s1.I. The summed E-state index contributed by atoms with van der Waals surface area (Å²) in [6.45, 7) is 3.77. The summed E-state index contributed by atoms with van der Waals surface area (Å²) in [5.74, 6) is 0.467. The second-order valence-electron chi connectivity index (χ2n) is 3.99. The first-order valence-corrected chi connectivity index (χ1v) is 7.08. The van der Waals surface area contributed by atoms with E-state index in [4.69, 9.17) is 4.74 Å². The van der Waals surface area contributed by atoms with Gasteiger partial charge in [0.05, 0.1) is 19.7 Å². The highest BCUT2D eigenvalue weighted by atomic mass is 127. The van der Waals surface area contributed by atoms with Crippen molar-refractivity contribution in [2.45, 2.75) is 13.5 Å². The molecule has 0 bridgehead atoms. The molecule has 0 saturated carbocycles. The van der Waals surface area contributed by atoms with Gasteiger partial charge in [-0.15, -0.1) is 35.3 Å². The van der Waals surface area contributed by atoms with Crippen molar-refractivity contribution in [3.63, 3.8) is 0 Å². The molecule has 1 amide bonds. The molecule has 9 heteroatoms. The third-order valence-electron chi connectivity index (χ3n) is 2.34. The maximum Gasteiger partial charge on any atom is 0.239 e. The topological polar surface area (TPSA) is 87.6 Å². The fourth-order valence-electron chi connectivity index (χ4n) is 1.38. The van der Waals surface area contributed by atoms with E-state index in [1.165, 1.54) is 4.88 Å². The molecule has 0 spiro atoms. The molecule has 1 heterocycles. The first kappa shape index (κ1) is 20.1. The summed E-state index contributed by atoms with van der Waals surface area (Å²) in [5, 5.41) is 9.74. The number of aromatic nitrogens is 1. The van der Waals surface area contributed by atoms with Crippen LogP contribution in [-0.4, -0.2) is 50.7 Å². The number of guanidine groups is 1. The summed E-state index contributed by atoms with van der Waals surface area (Å²) in [6, 6.07) is 0. The average molecular weight is 427 g/mol. The van der Waals surface area contributed by atoms with Gasteiger partial charge in [-0.05, 0) is 6.92 Å². The van der Waals surface area contributed by atoms with Gasteiger partial charge in [-0.1, -0.05) is 0 Å². The van der Waals surface area contributed by atoms with Crippen molar-refractivity contribution >= 4 is 47.2 Å². The van der Waals surface area contributed by atoms with Gasteiger partial charge in [0.1, 0.15) is 5.01 Å². The Hall–Kier alpha value is -0.940. The van der Waals surface area contributed by atoms with E-state index in [-0.39, 0.29) is 36.4 Å². The summed E-state index contributed by atoms with van der Waals surface area (Å²) in [4.78, 5) is 21.0. The highest BCUT2D eigenvalue weighted by Gasteiger charge is 2.04. The Morgan fingerprint density at radius 1 is 1.43 bits per heavy atom. The van der Waals surface area contributed by atoms with Crippen molar-refractivity contribution in [1.82, 2.24) is 20.9 Å². The van der Waals surface area contributed by atoms with E-state index in [0.717, 1.165) is 5.01 Å². The second kappa shape index (κ2) is 11.7. The lowest BCUT2D eigenvalue weighted by Crippen LogP contribution is -2.43. The number of nitrogens with zero attached hydrogens (tertiary/aromatic N) is 2. The lowest BCUT2D eigenvalue weighted by Gasteiger charge is -2.10. The van der Waals surface area contributed by atoms with Crippen molar-refractivity contribution < 1.29 is 9.53 Å². The Bertz CT molecular complexity index is 453. The minimum atomic E-state index is -0.102. The van der Waals surface area contributed by atoms with Crippen molar-refractivity contribution in [3.05, 3.63) is 16.1 Å². The van der Waals surface area contributed by atoms with Crippen LogP contribution in [0.5, 0.6) is 0 Å². The molecule has 0 fully saturated rings. The van der Waals surface area contributed by atoms with Crippen LogP contribution >= 0.6 is 35.3 Å². The average Bonchev–Trinajstić information content (AvgIpc) is 2.85. The molecule has 7 nitrogen and oxygen atoms in total. The van der Waals surface area contributed by atoms with E-state index in [1.54, 1.807) is 25.5 Å². The Balaban J connectivity index is 0.00000400. The molecule has 0 saturated heterocycles. The van der Waals surface area contributed by atoms with E-state index < -0.39 is 0 Å². The van der Waals surface area contributed by atoms with Crippen LogP contribution in [0.1, 0.15) is 9.88 Å². The van der Waals surface area contributed by atoms with Crippen LogP contribution in [0.3, 0.4) is 0 Å². The summed E-state index contributed by atoms with van der Waals surface area (Å²) < 4.78 is 4.85. The Morgan fingerprint density at radius 3 is 2.76 bits per heavy atom. The van der Waals surface area contributed by atoms with Gasteiger partial charge >= 0.3 is 0 Å². The van der Waals surface area contributed by atoms with Crippen molar-refractivity contribution in [2.24, 2.45) is 4.99 Å². The smallest absolute Gasteiger partial charge is 0.239 e. The van der Waals surface area contributed by atoms with Crippen LogP contribution in [0.25, 0.3) is 0 Å². The normalized spacial score (nSPS) is 10.7. The Morgan fingerprint density at radius 2 is 2.19 bits per heavy atom. The van der Waals surface area contributed by atoms with Crippen LogP contribution in [0.15, 0.2) is 11.2 Å². The number of rotatable bonds is 7. The lowest BCUT2D eigenvalue weighted by atomic mass is 10.5. The predicted octanol–water partition coefficient (Wildman–Crippen LogP) is 0.497. The number of ether oxygens (including phenoxy) is 1.